The Bertz CT molecular complexity index is 406. The molecule has 4 nitrogen and oxygen atoms in total. The second-order valence-corrected chi connectivity index (χ2v) is 6.10. The summed E-state index contributed by atoms with van der Waals surface area (Å²) in [7, 11) is 0. The standard InChI is InChI=1S/C16H25N3O/c20-15-7-4-13(5-8-15)18-14-6-9-16(17-12-14)19-10-2-1-3-11-19/h6,9,12-13,15,18,20H,1-5,7-8,10-11H2. The Morgan fingerprint density at radius 1 is 1.05 bits per heavy atom. The minimum absolute atomic E-state index is 0.0901. The minimum Gasteiger partial charge on any atom is -0.393 e. The maximum atomic E-state index is 9.53. The molecule has 0 spiro atoms. The van der Waals surface area contributed by atoms with Crippen molar-refractivity contribution in [3.63, 3.8) is 0 Å². The molecule has 20 heavy (non-hydrogen) atoms. The molecule has 0 radical (unpaired) electrons. The van der Waals surface area contributed by atoms with Crippen LogP contribution in [0, 0.1) is 0 Å². The molecule has 2 heterocycles. The molecule has 1 aliphatic carbocycles. The fourth-order valence-corrected chi connectivity index (χ4v) is 3.24. The van der Waals surface area contributed by atoms with E-state index in [1.165, 1.54) is 19.3 Å². The molecule has 1 aromatic rings. The second-order valence-electron chi connectivity index (χ2n) is 6.10. The first-order valence-corrected chi connectivity index (χ1v) is 7.97. The molecule has 110 valence electrons. The maximum absolute atomic E-state index is 9.53. The highest BCUT2D eigenvalue weighted by molar-refractivity contribution is 5.49. The van der Waals surface area contributed by atoms with Crippen LogP contribution in [0.1, 0.15) is 44.9 Å². The Hall–Kier alpha value is -1.29. The number of hydrogen-bond acceptors (Lipinski definition) is 4. The van der Waals surface area contributed by atoms with Gasteiger partial charge in [0.1, 0.15) is 5.82 Å². The fourth-order valence-electron chi connectivity index (χ4n) is 3.24. The zero-order chi connectivity index (χ0) is 13.8. The minimum atomic E-state index is -0.0901. The van der Waals surface area contributed by atoms with E-state index in [4.69, 9.17) is 0 Å². The molecule has 0 bridgehead atoms. The summed E-state index contributed by atoms with van der Waals surface area (Å²) in [5.74, 6) is 1.11. The summed E-state index contributed by atoms with van der Waals surface area (Å²) in [5.41, 5.74) is 1.10. The van der Waals surface area contributed by atoms with Gasteiger partial charge in [0.15, 0.2) is 0 Å². The number of aliphatic hydroxyl groups excluding tert-OH is 1. The SMILES string of the molecule is OC1CCC(Nc2ccc(N3CCCCC3)nc2)CC1. The molecule has 1 saturated heterocycles. The largest absolute Gasteiger partial charge is 0.393 e. The van der Waals surface area contributed by atoms with E-state index in [0.29, 0.717) is 6.04 Å². The number of piperidine rings is 1. The highest BCUT2D eigenvalue weighted by Crippen LogP contribution is 2.23. The van der Waals surface area contributed by atoms with Crippen LogP contribution in [0.3, 0.4) is 0 Å². The molecular weight excluding hydrogens is 250 g/mol. The molecule has 2 fully saturated rings. The zero-order valence-electron chi connectivity index (χ0n) is 12.1. The van der Waals surface area contributed by atoms with Gasteiger partial charge in [-0.15, -0.1) is 0 Å². The van der Waals surface area contributed by atoms with Crippen LogP contribution < -0.4 is 10.2 Å². The van der Waals surface area contributed by atoms with Gasteiger partial charge in [0.05, 0.1) is 18.0 Å². The molecule has 0 amide bonds. The van der Waals surface area contributed by atoms with Crippen molar-refractivity contribution in [2.45, 2.75) is 57.1 Å². The summed E-state index contributed by atoms with van der Waals surface area (Å²) < 4.78 is 0. The summed E-state index contributed by atoms with van der Waals surface area (Å²) >= 11 is 0. The molecule has 4 heteroatoms. The van der Waals surface area contributed by atoms with Gasteiger partial charge in [-0.1, -0.05) is 0 Å². The van der Waals surface area contributed by atoms with Gasteiger partial charge >= 0.3 is 0 Å². The predicted octanol–water partition coefficient (Wildman–Crippen LogP) is 2.79. The molecule has 1 saturated carbocycles. The van der Waals surface area contributed by atoms with Gasteiger partial charge in [0.2, 0.25) is 0 Å². The van der Waals surface area contributed by atoms with E-state index in [1.54, 1.807) is 0 Å². The molecule has 1 aromatic heterocycles. The third kappa shape index (κ3) is 3.42. The molecule has 0 atom stereocenters. The Morgan fingerprint density at radius 3 is 2.45 bits per heavy atom. The Kier molecular flexibility index (Phi) is 4.41. The van der Waals surface area contributed by atoms with Gasteiger partial charge in [-0.05, 0) is 57.1 Å². The average Bonchev–Trinajstić information content (AvgIpc) is 2.51. The quantitative estimate of drug-likeness (QED) is 0.890. The van der Waals surface area contributed by atoms with E-state index in [1.807, 2.05) is 6.20 Å². The summed E-state index contributed by atoms with van der Waals surface area (Å²) in [6, 6.07) is 4.76. The summed E-state index contributed by atoms with van der Waals surface area (Å²) in [5, 5.41) is 13.1. The van der Waals surface area contributed by atoms with Gasteiger partial charge in [0, 0.05) is 19.1 Å². The first-order valence-electron chi connectivity index (χ1n) is 7.97. The first-order chi connectivity index (χ1) is 9.81. The van der Waals surface area contributed by atoms with Gasteiger partial charge in [-0.25, -0.2) is 4.98 Å². The molecule has 2 aliphatic rings. The van der Waals surface area contributed by atoms with Crippen LogP contribution in [0.4, 0.5) is 11.5 Å². The second kappa shape index (κ2) is 6.44. The molecule has 2 N–H and O–H groups in total. The zero-order valence-corrected chi connectivity index (χ0v) is 12.1. The van der Waals surface area contributed by atoms with E-state index in [-0.39, 0.29) is 6.10 Å². The first kappa shape index (κ1) is 13.7. The lowest BCUT2D eigenvalue weighted by molar-refractivity contribution is 0.126. The van der Waals surface area contributed by atoms with Crippen molar-refractivity contribution >= 4 is 11.5 Å². The molecule has 1 aliphatic heterocycles. The van der Waals surface area contributed by atoms with Crippen molar-refractivity contribution < 1.29 is 5.11 Å². The van der Waals surface area contributed by atoms with Gasteiger partial charge < -0.3 is 15.3 Å². The van der Waals surface area contributed by atoms with Gasteiger partial charge in [-0.3, -0.25) is 0 Å². The normalized spacial score (nSPS) is 27.4. The van der Waals surface area contributed by atoms with Crippen molar-refractivity contribution in [1.29, 1.82) is 0 Å². The number of nitrogens with zero attached hydrogens (tertiary/aromatic N) is 2. The highest BCUT2D eigenvalue weighted by atomic mass is 16.3. The van der Waals surface area contributed by atoms with Crippen molar-refractivity contribution in [2.75, 3.05) is 23.3 Å². The lowest BCUT2D eigenvalue weighted by Crippen LogP contribution is -2.30. The molecule has 3 rings (SSSR count). The topological polar surface area (TPSA) is 48.4 Å². The number of hydrogen-bond donors (Lipinski definition) is 2. The van der Waals surface area contributed by atoms with Crippen molar-refractivity contribution in [3.05, 3.63) is 18.3 Å². The third-order valence-corrected chi connectivity index (χ3v) is 4.50. The average molecular weight is 275 g/mol. The van der Waals surface area contributed by atoms with Crippen LogP contribution in [0.25, 0.3) is 0 Å². The van der Waals surface area contributed by atoms with E-state index in [9.17, 15) is 5.11 Å². The van der Waals surface area contributed by atoms with Crippen LogP contribution in [0.15, 0.2) is 18.3 Å². The monoisotopic (exact) mass is 275 g/mol. The van der Waals surface area contributed by atoms with Crippen LogP contribution in [0.2, 0.25) is 0 Å². The number of nitrogens with one attached hydrogen (secondary N) is 1. The number of anilines is 2. The number of rotatable bonds is 3. The van der Waals surface area contributed by atoms with E-state index in [2.05, 4.69) is 27.3 Å². The fraction of sp³-hybridized carbons (Fsp3) is 0.688. The van der Waals surface area contributed by atoms with E-state index < -0.39 is 0 Å². The number of aliphatic hydroxyl groups is 1. The summed E-state index contributed by atoms with van der Waals surface area (Å²) in [4.78, 5) is 6.98. The summed E-state index contributed by atoms with van der Waals surface area (Å²) in [6.45, 7) is 2.28. The lowest BCUT2D eigenvalue weighted by Gasteiger charge is -2.29. The van der Waals surface area contributed by atoms with Crippen molar-refractivity contribution in [3.8, 4) is 0 Å². The van der Waals surface area contributed by atoms with Gasteiger partial charge in [-0.2, -0.15) is 0 Å². The summed E-state index contributed by atoms with van der Waals surface area (Å²) in [6.07, 6.45) is 9.71. The third-order valence-electron chi connectivity index (χ3n) is 4.50. The lowest BCUT2D eigenvalue weighted by atomic mass is 9.93. The van der Waals surface area contributed by atoms with Crippen molar-refractivity contribution in [2.24, 2.45) is 0 Å². The number of pyridine rings is 1. The molecule has 0 unspecified atom stereocenters. The maximum Gasteiger partial charge on any atom is 0.128 e. The van der Waals surface area contributed by atoms with Crippen LogP contribution in [-0.4, -0.2) is 35.3 Å². The van der Waals surface area contributed by atoms with Crippen LogP contribution >= 0.6 is 0 Å². The van der Waals surface area contributed by atoms with Crippen molar-refractivity contribution in [1.82, 2.24) is 4.98 Å². The van der Waals surface area contributed by atoms with E-state index >= 15 is 0 Å². The smallest absolute Gasteiger partial charge is 0.128 e. The highest BCUT2D eigenvalue weighted by Gasteiger charge is 2.19. The Morgan fingerprint density at radius 2 is 1.80 bits per heavy atom. The Balaban J connectivity index is 1.55. The van der Waals surface area contributed by atoms with Crippen LogP contribution in [0.5, 0.6) is 0 Å². The Labute approximate surface area is 121 Å². The van der Waals surface area contributed by atoms with E-state index in [0.717, 1.165) is 50.3 Å². The number of aromatic nitrogens is 1. The predicted molar refractivity (Wildman–Crippen MR) is 82.2 cm³/mol. The molecular formula is C16H25N3O. The van der Waals surface area contributed by atoms with Crippen LogP contribution in [-0.2, 0) is 0 Å². The van der Waals surface area contributed by atoms with Gasteiger partial charge in [0.25, 0.3) is 0 Å². The molecule has 0 aromatic carbocycles.